The lowest BCUT2D eigenvalue weighted by Crippen LogP contribution is -2.30. The molecule has 0 aliphatic heterocycles. The molecule has 0 saturated heterocycles. The summed E-state index contributed by atoms with van der Waals surface area (Å²) < 4.78 is 5.59. The molecule has 0 saturated carbocycles. The molecule has 0 heterocycles. The lowest BCUT2D eigenvalue weighted by molar-refractivity contribution is -0.125. The second-order valence-corrected chi connectivity index (χ2v) is 3.88. The van der Waals surface area contributed by atoms with Crippen molar-refractivity contribution in [2.24, 2.45) is 5.73 Å². The van der Waals surface area contributed by atoms with Crippen LogP contribution in [-0.2, 0) is 9.53 Å². The van der Waals surface area contributed by atoms with E-state index in [1.165, 1.54) is 6.92 Å². The van der Waals surface area contributed by atoms with Crippen LogP contribution >= 0.6 is 15.9 Å². The number of benzene rings is 1. The zero-order chi connectivity index (χ0) is 11.4. The first-order chi connectivity index (χ1) is 7.00. The highest BCUT2D eigenvalue weighted by atomic mass is 79.9. The smallest absolute Gasteiger partial charge is 0.338 e. The van der Waals surface area contributed by atoms with E-state index in [4.69, 9.17) is 10.5 Å². The van der Waals surface area contributed by atoms with Crippen molar-refractivity contribution in [3.05, 3.63) is 34.3 Å². The van der Waals surface area contributed by atoms with Gasteiger partial charge >= 0.3 is 5.97 Å². The van der Waals surface area contributed by atoms with Gasteiger partial charge in [-0.15, -0.1) is 0 Å². The maximum Gasteiger partial charge on any atom is 0.338 e. The Balaban J connectivity index is 2.73. The highest BCUT2D eigenvalue weighted by Gasteiger charge is 2.15. The summed E-state index contributed by atoms with van der Waals surface area (Å²) in [6.45, 7) is 1.43. The van der Waals surface area contributed by atoms with Gasteiger partial charge < -0.3 is 10.5 Å². The molecule has 0 radical (unpaired) electrons. The second kappa shape index (κ2) is 4.93. The molecule has 1 amide bonds. The molecule has 1 aromatic rings. The second-order valence-electron chi connectivity index (χ2n) is 2.96. The quantitative estimate of drug-likeness (QED) is 0.847. The van der Waals surface area contributed by atoms with Gasteiger partial charge in [0.1, 0.15) is 0 Å². The van der Waals surface area contributed by atoms with Crippen LogP contribution in [0.4, 0.5) is 0 Å². The van der Waals surface area contributed by atoms with E-state index >= 15 is 0 Å². The van der Waals surface area contributed by atoms with Crippen molar-refractivity contribution in [1.29, 1.82) is 0 Å². The number of primary amides is 1. The molecule has 1 aromatic carbocycles. The Labute approximate surface area is 95.5 Å². The lowest BCUT2D eigenvalue weighted by atomic mass is 10.2. The summed E-state index contributed by atoms with van der Waals surface area (Å²) in [6, 6.07) is 6.70. The maximum atomic E-state index is 11.5. The van der Waals surface area contributed by atoms with Crippen LogP contribution in [-0.4, -0.2) is 18.0 Å². The standard InChI is InChI=1S/C10H10BrNO3/c1-6(9(12)13)15-10(14)7-3-2-4-8(11)5-7/h2-6H,1H3,(H2,12,13)/t6-/m0/s1. The minimum absolute atomic E-state index is 0.373. The Morgan fingerprint density at radius 1 is 1.47 bits per heavy atom. The molecule has 0 aliphatic carbocycles. The molecule has 15 heavy (non-hydrogen) atoms. The first kappa shape index (κ1) is 11.7. The number of carbonyl (C=O) groups is 2. The van der Waals surface area contributed by atoms with Crippen molar-refractivity contribution in [2.75, 3.05) is 0 Å². The highest BCUT2D eigenvalue weighted by Crippen LogP contribution is 2.13. The van der Waals surface area contributed by atoms with Gasteiger partial charge in [0.25, 0.3) is 5.91 Å². The van der Waals surface area contributed by atoms with Crippen LogP contribution in [0.15, 0.2) is 28.7 Å². The minimum Gasteiger partial charge on any atom is -0.449 e. The third kappa shape index (κ3) is 3.36. The largest absolute Gasteiger partial charge is 0.449 e. The number of hydrogen-bond donors (Lipinski definition) is 1. The van der Waals surface area contributed by atoms with Gasteiger partial charge in [0.2, 0.25) is 0 Å². The lowest BCUT2D eigenvalue weighted by Gasteiger charge is -2.09. The Kier molecular flexibility index (Phi) is 3.85. The normalized spacial score (nSPS) is 11.9. The van der Waals surface area contributed by atoms with Crippen molar-refractivity contribution in [3.8, 4) is 0 Å². The van der Waals surface area contributed by atoms with Crippen molar-refractivity contribution in [3.63, 3.8) is 0 Å². The first-order valence-electron chi connectivity index (χ1n) is 4.26. The van der Waals surface area contributed by atoms with E-state index in [0.29, 0.717) is 5.56 Å². The number of esters is 1. The number of halogens is 1. The summed E-state index contributed by atoms with van der Waals surface area (Å²) in [5.41, 5.74) is 5.34. The fourth-order valence-corrected chi connectivity index (χ4v) is 1.30. The summed E-state index contributed by atoms with van der Waals surface area (Å²) in [4.78, 5) is 22.1. The highest BCUT2D eigenvalue weighted by molar-refractivity contribution is 9.10. The number of nitrogens with two attached hydrogens (primary N) is 1. The molecule has 2 N–H and O–H groups in total. The third-order valence-corrected chi connectivity index (χ3v) is 2.24. The average molecular weight is 272 g/mol. The Morgan fingerprint density at radius 3 is 2.67 bits per heavy atom. The number of hydrogen-bond acceptors (Lipinski definition) is 3. The van der Waals surface area contributed by atoms with Gasteiger partial charge in [-0.1, -0.05) is 22.0 Å². The first-order valence-corrected chi connectivity index (χ1v) is 5.06. The van der Waals surface area contributed by atoms with E-state index in [1.54, 1.807) is 24.3 Å². The van der Waals surface area contributed by atoms with Crippen LogP contribution in [0, 0.1) is 0 Å². The van der Waals surface area contributed by atoms with Crippen LogP contribution in [0.3, 0.4) is 0 Å². The van der Waals surface area contributed by atoms with Gasteiger partial charge in [-0.05, 0) is 25.1 Å². The molecule has 0 aliphatic rings. The van der Waals surface area contributed by atoms with Crippen molar-refractivity contribution in [1.82, 2.24) is 0 Å². The van der Waals surface area contributed by atoms with Crippen molar-refractivity contribution < 1.29 is 14.3 Å². The minimum atomic E-state index is -0.920. The van der Waals surface area contributed by atoms with Crippen molar-refractivity contribution >= 4 is 27.8 Å². The predicted molar refractivity (Wildman–Crippen MR) is 58.2 cm³/mol. The monoisotopic (exact) mass is 271 g/mol. The van der Waals surface area contributed by atoms with E-state index in [1.807, 2.05) is 0 Å². The molecule has 0 aromatic heterocycles. The summed E-state index contributed by atoms with van der Waals surface area (Å²) in [6.07, 6.45) is -0.920. The Morgan fingerprint density at radius 2 is 2.13 bits per heavy atom. The zero-order valence-electron chi connectivity index (χ0n) is 8.07. The fraction of sp³-hybridized carbons (Fsp3) is 0.200. The maximum absolute atomic E-state index is 11.5. The van der Waals surface area contributed by atoms with Crippen molar-refractivity contribution in [2.45, 2.75) is 13.0 Å². The topological polar surface area (TPSA) is 69.4 Å². The van der Waals surface area contributed by atoms with Gasteiger partial charge in [-0.3, -0.25) is 4.79 Å². The molecule has 0 fully saturated rings. The van der Waals surface area contributed by atoms with E-state index in [2.05, 4.69) is 15.9 Å². The third-order valence-electron chi connectivity index (χ3n) is 1.74. The van der Waals surface area contributed by atoms with Gasteiger partial charge in [0, 0.05) is 4.47 Å². The van der Waals surface area contributed by atoms with Crippen LogP contribution in [0.5, 0.6) is 0 Å². The van der Waals surface area contributed by atoms with Crippen LogP contribution in [0.1, 0.15) is 17.3 Å². The molecule has 0 unspecified atom stereocenters. The Bertz CT molecular complexity index is 392. The molecule has 5 heteroatoms. The van der Waals surface area contributed by atoms with Crippen LogP contribution in [0.2, 0.25) is 0 Å². The summed E-state index contributed by atoms with van der Waals surface area (Å²) in [7, 11) is 0. The molecule has 0 spiro atoms. The molecule has 80 valence electrons. The number of rotatable bonds is 3. The van der Waals surface area contributed by atoms with E-state index in [-0.39, 0.29) is 0 Å². The molecule has 1 rings (SSSR count). The van der Waals surface area contributed by atoms with Gasteiger partial charge in [0.05, 0.1) is 5.56 Å². The fourth-order valence-electron chi connectivity index (χ4n) is 0.902. The van der Waals surface area contributed by atoms with Gasteiger partial charge in [-0.2, -0.15) is 0 Å². The predicted octanol–water partition coefficient (Wildman–Crippen LogP) is 1.48. The van der Waals surface area contributed by atoms with Crippen LogP contribution < -0.4 is 5.73 Å². The van der Waals surface area contributed by atoms with Crippen LogP contribution in [0.25, 0.3) is 0 Å². The van der Waals surface area contributed by atoms with Gasteiger partial charge in [0.15, 0.2) is 6.10 Å². The summed E-state index contributed by atoms with van der Waals surface area (Å²) in [5, 5.41) is 0. The number of ether oxygens (including phenoxy) is 1. The Hall–Kier alpha value is -1.36. The molecule has 0 bridgehead atoms. The molecular formula is C10H10BrNO3. The number of amides is 1. The molecule has 1 atom stereocenters. The SMILES string of the molecule is C[C@H](OC(=O)c1cccc(Br)c1)C(N)=O. The zero-order valence-corrected chi connectivity index (χ0v) is 9.65. The molecule has 4 nitrogen and oxygen atoms in total. The average Bonchev–Trinajstić information content (AvgIpc) is 2.17. The van der Waals surface area contributed by atoms with Gasteiger partial charge in [-0.25, -0.2) is 4.79 Å². The van der Waals surface area contributed by atoms with E-state index in [9.17, 15) is 9.59 Å². The molecular weight excluding hydrogens is 262 g/mol. The summed E-state index contributed by atoms with van der Waals surface area (Å²) >= 11 is 3.23. The number of carbonyl (C=O) groups excluding carboxylic acids is 2. The van der Waals surface area contributed by atoms with E-state index in [0.717, 1.165) is 4.47 Å². The summed E-state index contributed by atoms with van der Waals surface area (Å²) in [5.74, 6) is -1.24. The van der Waals surface area contributed by atoms with E-state index < -0.39 is 18.0 Å².